The van der Waals surface area contributed by atoms with Crippen LogP contribution in [0.25, 0.3) is 0 Å². The lowest BCUT2D eigenvalue weighted by Crippen LogP contribution is -2.28. The second-order valence-electron chi connectivity index (χ2n) is 6.79. The van der Waals surface area contributed by atoms with Gasteiger partial charge in [0.1, 0.15) is 0 Å². The van der Waals surface area contributed by atoms with Gasteiger partial charge >= 0.3 is 6.03 Å². The Hall–Kier alpha value is -3.02. The summed E-state index contributed by atoms with van der Waals surface area (Å²) in [6.07, 6.45) is 4.90. The van der Waals surface area contributed by atoms with Gasteiger partial charge in [-0.05, 0) is 42.7 Å². The highest BCUT2D eigenvalue weighted by molar-refractivity contribution is 6.06. The van der Waals surface area contributed by atoms with Crippen molar-refractivity contribution in [1.82, 2.24) is 5.32 Å². The van der Waals surface area contributed by atoms with Gasteiger partial charge in [-0.15, -0.1) is 0 Å². The van der Waals surface area contributed by atoms with Crippen molar-refractivity contribution in [2.24, 2.45) is 5.73 Å². The average molecular weight is 366 g/mol. The summed E-state index contributed by atoms with van der Waals surface area (Å²) in [6.45, 7) is 2.39. The van der Waals surface area contributed by atoms with Crippen molar-refractivity contribution < 1.29 is 9.59 Å². The maximum atomic E-state index is 12.7. The van der Waals surface area contributed by atoms with Crippen LogP contribution in [0.2, 0.25) is 0 Å². The summed E-state index contributed by atoms with van der Waals surface area (Å²) in [5, 5.41) is 5.58. The number of carbonyl (C=O) groups is 2. The fraction of sp³-hybridized carbons (Fsp3) is 0.333. The third kappa shape index (κ3) is 5.23. The summed E-state index contributed by atoms with van der Waals surface area (Å²) in [6, 6.07) is 14.5. The molecule has 0 unspecified atom stereocenters. The topological polar surface area (TPSA) is 87.5 Å². The van der Waals surface area contributed by atoms with Gasteiger partial charge in [0, 0.05) is 25.2 Å². The summed E-state index contributed by atoms with van der Waals surface area (Å²) in [5.74, 6) is -0.147. The number of hydrogen-bond acceptors (Lipinski definition) is 3. The molecule has 27 heavy (non-hydrogen) atoms. The van der Waals surface area contributed by atoms with Crippen LogP contribution in [0.1, 0.15) is 41.6 Å². The SMILES string of the molecule is NC(=O)NCc1ccc(C(=O)Nc2ccccc2N2CCCCCC2)cc1. The molecule has 0 radical (unpaired) electrons. The van der Waals surface area contributed by atoms with Gasteiger partial charge in [0.05, 0.1) is 11.4 Å². The van der Waals surface area contributed by atoms with E-state index in [9.17, 15) is 9.59 Å². The Labute approximate surface area is 159 Å². The highest BCUT2D eigenvalue weighted by atomic mass is 16.2. The van der Waals surface area contributed by atoms with Gasteiger partial charge in [0.2, 0.25) is 0 Å². The average Bonchev–Trinajstić information content (AvgIpc) is 2.96. The molecule has 2 aromatic rings. The number of nitrogens with zero attached hydrogens (tertiary/aromatic N) is 1. The molecule has 1 aliphatic rings. The number of hydrogen-bond donors (Lipinski definition) is 3. The minimum absolute atomic E-state index is 0.147. The second kappa shape index (κ2) is 9.07. The highest BCUT2D eigenvalue weighted by Crippen LogP contribution is 2.28. The molecule has 3 amide bonds. The summed E-state index contributed by atoms with van der Waals surface area (Å²) in [7, 11) is 0. The van der Waals surface area contributed by atoms with Crippen LogP contribution in [0.15, 0.2) is 48.5 Å². The van der Waals surface area contributed by atoms with Crippen LogP contribution in [0.5, 0.6) is 0 Å². The Morgan fingerprint density at radius 1 is 0.926 bits per heavy atom. The van der Waals surface area contributed by atoms with E-state index in [1.807, 2.05) is 30.3 Å². The summed E-state index contributed by atoms with van der Waals surface area (Å²) < 4.78 is 0. The fourth-order valence-electron chi connectivity index (χ4n) is 3.32. The molecule has 1 aliphatic heterocycles. The van der Waals surface area contributed by atoms with Gasteiger partial charge in [0.15, 0.2) is 0 Å². The number of benzene rings is 2. The van der Waals surface area contributed by atoms with E-state index in [2.05, 4.69) is 21.6 Å². The summed E-state index contributed by atoms with van der Waals surface area (Å²) in [4.78, 5) is 25.8. The van der Waals surface area contributed by atoms with Crippen LogP contribution in [-0.4, -0.2) is 25.0 Å². The molecule has 1 heterocycles. The molecule has 0 saturated carbocycles. The van der Waals surface area contributed by atoms with E-state index >= 15 is 0 Å². The van der Waals surface area contributed by atoms with Crippen molar-refractivity contribution in [2.75, 3.05) is 23.3 Å². The molecular weight excluding hydrogens is 340 g/mol. The number of nitrogens with two attached hydrogens (primary N) is 1. The molecule has 3 rings (SSSR count). The maximum Gasteiger partial charge on any atom is 0.312 e. The van der Waals surface area contributed by atoms with E-state index in [0.29, 0.717) is 12.1 Å². The summed E-state index contributed by atoms with van der Waals surface area (Å²) in [5.41, 5.74) is 8.44. The fourth-order valence-corrected chi connectivity index (χ4v) is 3.32. The first-order valence-corrected chi connectivity index (χ1v) is 9.41. The molecule has 2 aromatic carbocycles. The van der Waals surface area contributed by atoms with Gasteiger partial charge in [-0.25, -0.2) is 4.79 Å². The normalized spacial score (nSPS) is 14.3. The molecule has 1 saturated heterocycles. The van der Waals surface area contributed by atoms with Crippen LogP contribution in [0.4, 0.5) is 16.2 Å². The van der Waals surface area contributed by atoms with E-state index in [1.54, 1.807) is 12.1 Å². The second-order valence-corrected chi connectivity index (χ2v) is 6.79. The molecule has 0 spiro atoms. The number of urea groups is 1. The van der Waals surface area contributed by atoms with E-state index in [-0.39, 0.29) is 5.91 Å². The number of primary amides is 1. The molecule has 4 N–H and O–H groups in total. The highest BCUT2D eigenvalue weighted by Gasteiger charge is 2.15. The Kier molecular flexibility index (Phi) is 6.30. The van der Waals surface area contributed by atoms with E-state index < -0.39 is 6.03 Å². The lowest BCUT2D eigenvalue weighted by atomic mass is 10.1. The number of rotatable bonds is 5. The molecule has 0 aliphatic carbocycles. The predicted octanol–water partition coefficient (Wildman–Crippen LogP) is 3.49. The number of anilines is 2. The minimum atomic E-state index is -0.568. The Morgan fingerprint density at radius 2 is 1.59 bits per heavy atom. The molecular formula is C21H26N4O2. The first kappa shape index (κ1) is 18.8. The summed E-state index contributed by atoms with van der Waals surface area (Å²) >= 11 is 0. The van der Waals surface area contributed by atoms with Gasteiger partial charge in [0.25, 0.3) is 5.91 Å². The van der Waals surface area contributed by atoms with E-state index in [0.717, 1.165) is 30.0 Å². The van der Waals surface area contributed by atoms with Crippen molar-refractivity contribution in [1.29, 1.82) is 0 Å². The van der Waals surface area contributed by atoms with Crippen molar-refractivity contribution in [3.05, 3.63) is 59.7 Å². The first-order valence-electron chi connectivity index (χ1n) is 9.41. The van der Waals surface area contributed by atoms with Gasteiger partial charge in [-0.2, -0.15) is 0 Å². The zero-order valence-electron chi connectivity index (χ0n) is 15.4. The molecule has 6 nitrogen and oxygen atoms in total. The number of amides is 3. The monoisotopic (exact) mass is 366 g/mol. The third-order valence-corrected chi connectivity index (χ3v) is 4.78. The van der Waals surface area contributed by atoms with E-state index in [1.165, 1.54) is 25.7 Å². The molecule has 0 atom stereocenters. The minimum Gasteiger partial charge on any atom is -0.370 e. The van der Waals surface area contributed by atoms with Crippen LogP contribution >= 0.6 is 0 Å². The Bertz CT molecular complexity index is 781. The van der Waals surface area contributed by atoms with Crippen molar-refractivity contribution >= 4 is 23.3 Å². The van der Waals surface area contributed by atoms with Crippen molar-refractivity contribution in [3.8, 4) is 0 Å². The maximum absolute atomic E-state index is 12.7. The number of nitrogens with one attached hydrogen (secondary N) is 2. The molecule has 0 aromatic heterocycles. The van der Waals surface area contributed by atoms with Crippen LogP contribution in [0.3, 0.4) is 0 Å². The Balaban J connectivity index is 1.69. The quantitative estimate of drug-likeness (QED) is 0.757. The predicted molar refractivity (Wildman–Crippen MR) is 108 cm³/mol. The Morgan fingerprint density at radius 3 is 2.26 bits per heavy atom. The molecule has 142 valence electrons. The van der Waals surface area contributed by atoms with Crippen LogP contribution in [-0.2, 0) is 6.54 Å². The molecule has 0 bridgehead atoms. The van der Waals surface area contributed by atoms with Crippen LogP contribution < -0.4 is 21.3 Å². The van der Waals surface area contributed by atoms with Crippen LogP contribution in [0, 0.1) is 0 Å². The van der Waals surface area contributed by atoms with Crippen molar-refractivity contribution in [2.45, 2.75) is 32.2 Å². The number of carbonyl (C=O) groups excluding carboxylic acids is 2. The third-order valence-electron chi connectivity index (χ3n) is 4.78. The smallest absolute Gasteiger partial charge is 0.312 e. The lowest BCUT2D eigenvalue weighted by molar-refractivity contribution is 0.102. The zero-order valence-corrected chi connectivity index (χ0v) is 15.4. The molecule has 1 fully saturated rings. The van der Waals surface area contributed by atoms with Gasteiger partial charge in [-0.1, -0.05) is 37.1 Å². The van der Waals surface area contributed by atoms with Gasteiger partial charge in [-0.3, -0.25) is 4.79 Å². The standard InChI is InChI=1S/C21H26N4O2/c22-21(27)23-15-16-9-11-17(12-10-16)20(26)24-18-7-3-4-8-19(18)25-13-5-1-2-6-14-25/h3-4,7-12H,1-2,5-6,13-15H2,(H,24,26)(H3,22,23,27). The number of para-hydroxylation sites is 2. The first-order chi connectivity index (χ1) is 13.1. The van der Waals surface area contributed by atoms with Gasteiger partial charge < -0.3 is 21.3 Å². The zero-order chi connectivity index (χ0) is 19.1. The largest absolute Gasteiger partial charge is 0.370 e. The van der Waals surface area contributed by atoms with Crippen molar-refractivity contribution in [3.63, 3.8) is 0 Å². The lowest BCUT2D eigenvalue weighted by Gasteiger charge is -2.25. The van der Waals surface area contributed by atoms with E-state index in [4.69, 9.17) is 5.73 Å². The molecule has 6 heteroatoms.